The van der Waals surface area contributed by atoms with Gasteiger partial charge in [-0.25, -0.2) is 9.37 Å². The second-order valence-electron chi connectivity index (χ2n) is 3.56. The van der Waals surface area contributed by atoms with Crippen LogP contribution in [0.1, 0.15) is 5.56 Å². The number of methoxy groups -OCH3 is 1. The summed E-state index contributed by atoms with van der Waals surface area (Å²) in [6, 6.07) is 5.79. The SMILES string of the molecule is COc1nc2cc(F)ccc2cc1CC(=O)O. The third kappa shape index (κ3) is 2.33. The molecule has 0 unspecified atom stereocenters. The van der Waals surface area contributed by atoms with E-state index in [1.165, 1.54) is 19.2 Å². The van der Waals surface area contributed by atoms with E-state index in [-0.39, 0.29) is 12.3 Å². The van der Waals surface area contributed by atoms with Crippen LogP contribution < -0.4 is 4.74 Å². The molecule has 17 heavy (non-hydrogen) atoms. The number of hydrogen-bond acceptors (Lipinski definition) is 3. The van der Waals surface area contributed by atoms with Crippen LogP contribution in [0, 0.1) is 5.82 Å². The highest BCUT2D eigenvalue weighted by atomic mass is 19.1. The number of carbonyl (C=O) groups is 1. The fraction of sp³-hybridized carbons (Fsp3) is 0.167. The van der Waals surface area contributed by atoms with Crippen LogP contribution >= 0.6 is 0 Å². The van der Waals surface area contributed by atoms with Crippen LogP contribution in [-0.4, -0.2) is 23.2 Å². The first-order valence-electron chi connectivity index (χ1n) is 4.95. The maximum absolute atomic E-state index is 13.0. The van der Waals surface area contributed by atoms with Gasteiger partial charge in [0.1, 0.15) is 5.82 Å². The predicted molar refractivity (Wildman–Crippen MR) is 59.6 cm³/mol. The van der Waals surface area contributed by atoms with Crippen LogP contribution in [0.25, 0.3) is 10.9 Å². The number of hydrogen-bond donors (Lipinski definition) is 1. The predicted octanol–water partition coefficient (Wildman–Crippen LogP) is 2.01. The van der Waals surface area contributed by atoms with E-state index >= 15 is 0 Å². The number of carboxylic acid groups (broad SMARTS) is 1. The van der Waals surface area contributed by atoms with Gasteiger partial charge in [0.05, 0.1) is 19.0 Å². The maximum atomic E-state index is 13.0. The molecule has 0 saturated heterocycles. The first kappa shape index (κ1) is 11.3. The molecule has 5 heteroatoms. The molecule has 88 valence electrons. The molecule has 0 bridgehead atoms. The Balaban J connectivity index is 2.60. The fourth-order valence-electron chi connectivity index (χ4n) is 1.63. The van der Waals surface area contributed by atoms with Gasteiger partial charge >= 0.3 is 5.97 Å². The van der Waals surface area contributed by atoms with E-state index in [9.17, 15) is 9.18 Å². The lowest BCUT2D eigenvalue weighted by Gasteiger charge is -2.07. The van der Waals surface area contributed by atoms with Crippen LogP contribution in [0.15, 0.2) is 24.3 Å². The van der Waals surface area contributed by atoms with Crippen LogP contribution in [-0.2, 0) is 11.2 Å². The minimum atomic E-state index is -0.966. The molecule has 1 heterocycles. The number of aliphatic carboxylic acids is 1. The molecule has 1 N–H and O–H groups in total. The van der Waals surface area contributed by atoms with Crippen molar-refractivity contribution in [2.75, 3.05) is 7.11 Å². The Kier molecular flexibility index (Phi) is 2.91. The van der Waals surface area contributed by atoms with Gasteiger partial charge in [0.2, 0.25) is 5.88 Å². The highest BCUT2D eigenvalue weighted by Gasteiger charge is 2.11. The second kappa shape index (κ2) is 4.37. The molecule has 0 radical (unpaired) electrons. The summed E-state index contributed by atoms with van der Waals surface area (Å²) in [5.74, 6) is -1.14. The summed E-state index contributed by atoms with van der Waals surface area (Å²) in [6.07, 6.45) is -0.177. The van der Waals surface area contributed by atoms with E-state index in [4.69, 9.17) is 9.84 Å². The van der Waals surface area contributed by atoms with E-state index in [1.54, 1.807) is 12.1 Å². The van der Waals surface area contributed by atoms with Crippen LogP contribution in [0.4, 0.5) is 4.39 Å². The van der Waals surface area contributed by atoms with Gasteiger partial charge in [-0.05, 0) is 18.2 Å². The Morgan fingerprint density at radius 3 is 2.88 bits per heavy atom. The minimum absolute atomic E-state index is 0.177. The van der Waals surface area contributed by atoms with Gasteiger partial charge in [-0.1, -0.05) is 0 Å². The van der Waals surface area contributed by atoms with Gasteiger partial charge in [0.15, 0.2) is 0 Å². The second-order valence-corrected chi connectivity index (χ2v) is 3.56. The average molecular weight is 235 g/mol. The number of carboxylic acids is 1. The Labute approximate surface area is 96.7 Å². The Morgan fingerprint density at radius 2 is 2.24 bits per heavy atom. The van der Waals surface area contributed by atoms with E-state index < -0.39 is 11.8 Å². The summed E-state index contributed by atoms with van der Waals surface area (Å²) in [4.78, 5) is 14.8. The summed E-state index contributed by atoms with van der Waals surface area (Å²) >= 11 is 0. The Morgan fingerprint density at radius 1 is 1.47 bits per heavy atom. The van der Waals surface area contributed by atoms with Crippen molar-refractivity contribution in [1.29, 1.82) is 0 Å². The zero-order valence-corrected chi connectivity index (χ0v) is 9.11. The first-order valence-corrected chi connectivity index (χ1v) is 4.95. The number of nitrogens with zero attached hydrogens (tertiary/aromatic N) is 1. The van der Waals surface area contributed by atoms with Crippen molar-refractivity contribution in [3.63, 3.8) is 0 Å². The fourth-order valence-corrected chi connectivity index (χ4v) is 1.63. The molecule has 0 aliphatic heterocycles. The standard InChI is InChI=1S/C12H10FNO3/c1-17-12-8(5-11(15)16)4-7-2-3-9(13)6-10(7)14-12/h2-4,6H,5H2,1H3,(H,15,16). The van der Waals surface area contributed by atoms with E-state index in [1.807, 2.05) is 0 Å². The lowest BCUT2D eigenvalue weighted by Crippen LogP contribution is -2.04. The minimum Gasteiger partial charge on any atom is -0.481 e. The lowest BCUT2D eigenvalue weighted by molar-refractivity contribution is -0.136. The van der Waals surface area contributed by atoms with Crippen molar-refractivity contribution >= 4 is 16.9 Å². The molecule has 2 rings (SSSR count). The maximum Gasteiger partial charge on any atom is 0.308 e. The van der Waals surface area contributed by atoms with Gasteiger partial charge in [-0.15, -0.1) is 0 Å². The number of ether oxygens (including phenoxy) is 1. The normalized spacial score (nSPS) is 10.5. The molecule has 2 aromatic rings. The molecule has 0 aliphatic carbocycles. The number of rotatable bonds is 3. The summed E-state index contributed by atoms with van der Waals surface area (Å²) in [5, 5.41) is 9.44. The monoisotopic (exact) mass is 235 g/mol. The van der Waals surface area contributed by atoms with E-state index in [2.05, 4.69) is 4.98 Å². The molecule has 0 spiro atoms. The van der Waals surface area contributed by atoms with Crippen molar-refractivity contribution in [3.8, 4) is 5.88 Å². The molecular formula is C12H10FNO3. The molecule has 0 saturated carbocycles. The van der Waals surface area contributed by atoms with Gasteiger partial charge in [0, 0.05) is 17.0 Å². The van der Waals surface area contributed by atoms with E-state index in [0.29, 0.717) is 16.5 Å². The molecule has 0 aliphatic rings. The van der Waals surface area contributed by atoms with Gasteiger partial charge in [-0.3, -0.25) is 4.79 Å². The molecule has 1 aromatic carbocycles. The Hall–Kier alpha value is -2.17. The van der Waals surface area contributed by atoms with E-state index in [0.717, 1.165) is 0 Å². The number of pyridine rings is 1. The van der Waals surface area contributed by atoms with Crippen molar-refractivity contribution in [3.05, 3.63) is 35.6 Å². The molecule has 0 fully saturated rings. The summed E-state index contributed by atoms with van der Waals surface area (Å²) < 4.78 is 18.0. The molecule has 4 nitrogen and oxygen atoms in total. The van der Waals surface area contributed by atoms with Crippen molar-refractivity contribution < 1.29 is 19.0 Å². The van der Waals surface area contributed by atoms with Gasteiger partial charge in [0.25, 0.3) is 0 Å². The molecule has 0 atom stereocenters. The molecule has 1 aromatic heterocycles. The third-order valence-corrected chi connectivity index (χ3v) is 2.35. The third-order valence-electron chi connectivity index (χ3n) is 2.35. The Bertz CT molecular complexity index is 583. The number of benzene rings is 1. The van der Waals surface area contributed by atoms with Crippen LogP contribution in [0.5, 0.6) is 5.88 Å². The smallest absolute Gasteiger partial charge is 0.308 e. The zero-order valence-electron chi connectivity index (χ0n) is 9.11. The van der Waals surface area contributed by atoms with Crippen molar-refractivity contribution in [2.45, 2.75) is 6.42 Å². The van der Waals surface area contributed by atoms with Gasteiger partial charge in [-0.2, -0.15) is 0 Å². The van der Waals surface area contributed by atoms with Crippen molar-refractivity contribution in [2.24, 2.45) is 0 Å². The summed E-state index contributed by atoms with van der Waals surface area (Å²) in [6.45, 7) is 0. The lowest BCUT2D eigenvalue weighted by atomic mass is 10.1. The molecular weight excluding hydrogens is 225 g/mol. The largest absolute Gasteiger partial charge is 0.481 e. The molecule has 0 amide bonds. The number of fused-ring (bicyclic) bond motifs is 1. The highest BCUT2D eigenvalue weighted by Crippen LogP contribution is 2.23. The van der Waals surface area contributed by atoms with Crippen LogP contribution in [0.2, 0.25) is 0 Å². The summed E-state index contributed by atoms with van der Waals surface area (Å²) in [5.41, 5.74) is 0.912. The quantitative estimate of drug-likeness (QED) is 0.884. The summed E-state index contributed by atoms with van der Waals surface area (Å²) in [7, 11) is 1.40. The average Bonchev–Trinajstić information content (AvgIpc) is 2.28. The topological polar surface area (TPSA) is 59.4 Å². The van der Waals surface area contributed by atoms with Crippen molar-refractivity contribution in [1.82, 2.24) is 4.98 Å². The first-order chi connectivity index (χ1) is 8.10. The number of halogens is 1. The van der Waals surface area contributed by atoms with Gasteiger partial charge < -0.3 is 9.84 Å². The zero-order chi connectivity index (χ0) is 12.4. The highest BCUT2D eigenvalue weighted by molar-refractivity contribution is 5.82. The number of aromatic nitrogens is 1. The van der Waals surface area contributed by atoms with Crippen LogP contribution in [0.3, 0.4) is 0 Å².